The second-order valence-corrected chi connectivity index (χ2v) is 4.25. The highest BCUT2D eigenvalue weighted by Crippen LogP contribution is 2.30. The summed E-state index contributed by atoms with van der Waals surface area (Å²) < 4.78 is 1.46. The summed E-state index contributed by atoms with van der Waals surface area (Å²) in [5, 5.41) is 9.49. The second-order valence-electron chi connectivity index (χ2n) is 2.31. The monoisotopic (exact) mass is 340 g/mol. The number of rotatable bonds is 1. The van der Waals surface area contributed by atoms with Crippen LogP contribution >= 0.6 is 38.5 Å². The molecule has 0 atom stereocenters. The van der Waals surface area contributed by atoms with E-state index in [1.165, 1.54) is 6.92 Å². The number of hydrogen-bond acceptors (Lipinski definition) is 2. The van der Waals surface area contributed by atoms with Crippen molar-refractivity contribution < 1.29 is 9.90 Å². The number of Topliss-reactive ketones (excluding diaryl/α,β-unsaturated/α-hetero) is 1. The van der Waals surface area contributed by atoms with Crippen molar-refractivity contribution in [2.75, 3.05) is 0 Å². The quantitative estimate of drug-likeness (QED) is 0.630. The molecule has 0 bridgehead atoms. The number of phenols is 1. The van der Waals surface area contributed by atoms with E-state index in [1.807, 2.05) is 22.6 Å². The van der Waals surface area contributed by atoms with Crippen LogP contribution in [0.5, 0.6) is 5.75 Å². The Balaban J connectivity index is 3.36. The molecule has 64 valence electrons. The molecule has 0 spiro atoms. The van der Waals surface area contributed by atoms with Crippen LogP contribution < -0.4 is 0 Å². The van der Waals surface area contributed by atoms with Gasteiger partial charge >= 0.3 is 0 Å². The van der Waals surface area contributed by atoms with Crippen LogP contribution in [0.25, 0.3) is 0 Å². The number of halogens is 2. The smallest absolute Gasteiger partial charge is 0.163 e. The summed E-state index contributed by atoms with van der Waals surface area (Å²) in [7, 11) is 0. The normalized spacial score (nSPS) is 9.92. The van der Waals surface area contributed by atoms with Crippen LogP contribution in [0.4, 0.5) is 0 Å². The lowest BCUT2D eigenvalue weighted by Gasteiger charge is -2.03. The average molecular weight is 341 g/mol. The van der Waals surface area contributed by atoms with Crippen molar-refractivity contribution in [3.05, 3.63) is 25.7 Å². The maximum atomic E-state index is 11.0. The highest BCUT2D eigenvalue weighted by Gasteiger charge is 2.11. The van der Waals surface area contributed by atoms with Crippen LogP contribution in [0, 0.1) is 3.57 Å². The Morgan fingerprint density at radius 1 is 1.58 bits per heavy atom. The van der Waals surface area contributed by atoms with Crippen molar-refractivity contribution in [2.45, 2.75) is 6.92 Å². The molecule has 0 fully saturated rings. The first-order valence-corrected chi connectivity index (χ1v) is 5.09. The molecule has 1 aromatic rings. The molecule has 0 amide bonds. The van der Waals surface area contributed by atoms with Gasteiger partial charge in [-0.15, -0.1) is 0 Å². The number of carbonyl (C=O) groups is 1. The first-order chi connectivity index (χ1) is 5.54. The Bertz CT molecular complexity index is 336. The fourth-order valence-electron chi connectivity index (χ4n) is 0.824. The van der Waals surface area contributed by atoms with Gasteiger partial charge in [-0.25, -0.2) is 0 Å². The molecule has 0 aliphatic heterocycles. The van der Waals surface area contributed by atoms with Crippen molar-refractivity contribution in [3.8, 4) is 5.75 Å². The Morgan fingerprint density at radius 3 is 2.67 bits per heavy atom. The van der Waals surface area contributed by atoms with Crippen molar-refractivity contribution in [1.29, 1.82) is 0 Å². The summed E-state index contributed by atoms with van der Waals surface area (Å²) in [4.78, 5) is 11.0. The van der Waals surface area contributed by atoms with Crippen molar-refractivity contribution in [1.82, 2.24) is 0 Å². The van der Waals surface area contributed by atoms with Crippen LogP contribution in [0.3, 0.4) is 0 Å². The van der Waals surface area contributed by atoms with E-state index in [0.29, 0.717) is 9.13 Å². The summed E-state index contributed by atoms with van der Waals surface area (Å²) in [6.45, 7) is 1.43. The molecule has 0 aliphatic carbocycles. The SMILES string of the molecule is CC(=O)c1ccc(Br)c(I)c1O. The van der Waals surface area contributed by atoms with E-state index in [-0.39, 0.29) is 11.5 Å². The fraction of sp³-hybridized carbons (Fsp3) is 0.125. The van der Waals surface area contributed by atoms with Gasteiger partial charge in [0.2, 0.25) is 0 Å². The van der Waals surface area contributed by atoms with Gasteiger partial charge in [-0.1, -0.05) is 0 Å². The van der Waals surface area contributed by atoms with Crippen molar-refractivity contribution in [3.63, 3.8) is 0 Å². The summed E-state index contributed by atoms with van der Waals surface area (Å²) in [5.41, 5.74) is 0.364. The summed E-state index contributed by atoms with van der Waals surface area (Å²) >= 11 is 5.23. The molecule has 1 aromatic carbocycles. The zero-order valence-electron chi connectivity index (χ0n) is 6.27. The lowest BCUT2D eigenvalue weighted by molar-refractivity contribution is 0.101. The Labute approximate surface area is 92.2 Å². The van der Waals surface area contributed by atoms with E-state index in [2.05, 4.69) is 15.9 Å². The molecule has 2 nitrogen and oxygen atoms in total. The molecule has 1 N–H and O–H groups in total. The maximum absolute atomic E-state index is 11.0. The standard InChI is InChI=1S/C8H6BrIO2/c1-4(11)5-2-3-6(9)7(10)8(5)12/h2-3,12H,1H3. The van der Waals surface area contributed by atoms with Gasteiger partial charge in [-0.2, -0.15) is 0 Å². The molecular formula is C8H6BrIO2. The topological polar surface area (TPSA) is 37.3 Å². The third-order valence-electron chi connectivity index (χ3n) is 1.45. The largest absolute Gasteiger partial charge is 0.506 e. The molecule has 0 saturated heterocycles. The molecule has 0 heterocycles. The Hall–Kier alpha value is -0.100. The maximum Gasteiger partial charge on any atom is 0.163 e. The molecule has 12 heavy (non-hydrogen) atoms. The van der Waals surface area contributed by atoms with E-state index >= 15 is 0 Å². The van der Waals surface area contributed by atoms with Crippen LogP contribution in [-0.4, -0.2) is 10.9 Å². The van der Waals surface area contributed by atoms with Gasteiger partial charge in [-0.05, 0) is 57.6 Å². The number of aromatic hydroxyl groups is 1. The summed E-state index contributed by atoms with van der Waals surface area (Å²) in [5.74, 6) is -0.0737. The minimum atomic E-state index is -0.127. The van der Waals surface area contributed by atoms with Gasteiger partial charge in [0.1, 0.15) is 5.75 Å². The van der Waals surface area contributed by atoms with Gasteiger partial charge in [0.15, 0.2) is 5.78 Å². The van der Waals surface area contributed by atoms with E-state index in [0.717, 1.165) is 4.47 Å². The van der Waals surface area contributed by atoms with E-state index < -0.39 is 0 Å². The van der Waals surface area contributed by atoms with E-state index in [9.17, 15) is 9.90 Å². The van der Waals surface area contributed by atoms with Gasteiger partial charge < -0.3 is 5.11 Å². The van der Waals surface area contributed by atoms with Crippen molar-refractivity contribution >= 4 is 44.3 Å². The van der Waals surface area contributed by atoms with Crippen molar-refractivity contribution in [2.24, 2.45) is 0 Å². The van der Waals surface area contributed by atoms with E-state index in [4.69, 9.17) is 0 Å². The van der Waals surface area contributed by atoms with Gasteiger partial charge in [0, 0.05) is 4.47 Å². The Morgan fingerprint density at radius 2 is 2.17 bits per heavy atom. The van der Waals surface area contributed by atoms with Gasteiger partial charge in [0.25, 0.3) is 0 Å². The molecule has 0 aromatic heterocycles. The van der Waals surface area contributed by atoms with Gasteiger partial charge in [-0.3, -0.25) is 4.79 Å². The predicted octanol–water partition coefficient (Wildman–Crippen LogP) is 2.96. The zero-order chi connectivity index (χ0) is 9.30. The fourth-order valence-corrected chi connectivity index (χ4v) is 1.61. The summed E-state index contributed by atoms with van der Waals surface area (Å²) in [6, 6.07) is 3.35. The number of hydrogen-bond donors (Lipinski definition) is 1. The molecular weight excluding hydrogens is 335 g/mol. The molecule has 4 heteroatoms. The number of ketones is 1. The number of phenolic OH excluding ortho intramolecular Hbond substituents is 1. The minimum absolute atomic E-state index is 0.0532. The van der Waals surface area contributed by atoms with Crippen LogP contribution in [0.15, 0.2) is 16.6 Å². The average Bonchev–Trinajstić information content (AvgIpc) is 2.00. The molecule has 1 rings (SSSR count). The third kappa shape index (κ3) is 1.80. The number of benzene rings is 1. The highest BCUT2D eigenvalue weighted by atomic mass is 127. The lowest BCUT2D eigenvalue weighted by atomic mass is 10.1. The first-order valence-electron chi connectivity index (χ1n) is 3.22. The molecule has 0 radical (unpaired) electrons. The highest BCUT2D eigenvalue weighted by molar-refractivity contribution is 14.1. The molecule has 0 unspecified atom stereocenters. The van der Waals surface area contributed by atoms with Crippen LogP contribution in [0.1, 0.15) is 17.3 Å². The van der Waals surface area contributed by atoms with Gasteiger partial charge in [0.05, 0.1) is 9.13 Å². The third-order valence-corrected chi connectivity index (χ3v) is 3.94. The minimum Gasteiger partial charge on any atom is -0.506 e. The number of carbonyl (C=O) groups excluding carboxylic acids is 1. The lowest BCUT2D eigenvalue weighted by Crippen LogP contribution is -1.94. The van der Waals surface area contributed by atoms with Crippen LogP contribution in [-0.2, 0) is 0 Å². The van der Waals surface area contributed by atoms with Crippen LogP contribution in [0.2, 0.25) is 0 Å². The molecule has 0 saturated carbocycles. The van der Waals surface area contributed by atoms with E-state index in [1.54, 1.807) is 12.1 Å². The second kappa shape index (κ2) is 3.74. The Kier molecular flexibility index (Phi) is 3.11. The zero-order valence-corrected chi connectivity index (χ0v) is 10.0. The first kappa shape index (κ1) is 9.98. The molecule has 0 aliphatic rings. The predicted molar refractivity (Wildman–Crippen MR) is 58.5 cm³/mol. The summed E-state index contributed by atoms with van der Waals surface area (Å²) in [6.07, 6.45) is 0.